The maximum absolute atomic E-state index is 5.86. The number of halogens is 1. The lowest BCUT2D eigenvalue weighted by molar-refractivity contribution is 1.44. The van der Waals surface area contributed by atoms with E-state index in [4.69, 9.17) is 11.6 Å². The smallest absolute Gasteiger partial charge is 0.0811 e. The van der Waals surface area contributed by atoms with Crippen LogP contribution in [0, 0.1) is 6.92 Å². The Balaban J connectivity index is 3.27. The molecule has 1 aromatic rings. The van der Waals surface area contributed by atoms with E-state index >= 15 is 0 Å². The monoisotopic (exact) mass is 153 g/mol. The van der Waals surface area contributed by atoms with Gasteiger partial charge in [0.2, 0.25) is 0 Å². The Kier molecular flexibility index (Phi) is 2.07. The van der Waals surface area contributed by atoms with Crippen molar-refractivity contribution in [1.82, 2.24) is 0 Å². The fourth-order valence-electron chi connectivity index (χ4n) is 0.754. The van der Waals surface area contributed by atoms with Gasteiger partial charge in [-0.2, -0.15) is 0 Å². The van der Waals surface area contributed by atoms with Crippen LogP contribution in [0.25, 0.3) is 0 Å². The first-order valence-electron chi connectivity index (χ1n) is 2.97. The fraction of sp³-hybridized carbons (Fsp3) is 0.125. The molecule has 0 amide bonds. The number of benzene rings is 1. The summed E-state index contributed by atoms with van der Waals surface area (Å²) in [6, 6.07) is 5.69. The quantitative estimate of drug-likeness (QED) is 0.550. The van der Waals surface area contributed by atoms with Crippen LogP contribution < -0.4 is 0 Å². The molecule has 0 aliphatic heterocycles. The van der Waals surface area contributed by atoms with Crippen LogP contribution >= 0.6 is 11.6 Å². The molecule has 0 saturated carbocycles. The average Bonchev–Trinajstić information content (AvgIpc) is 1.95. The summed E-state index contributed by atoms with van der Waals surface area (Å²) in [4.78, 5) is 3.75. The second-order valence-electron chi connectivity index (χ2n) is 2.07. The van der Waals surface area contributed by atoms with E-state index in [0.29, 0.717) is 5.02 Å². The minimum atomic E-state index is 0.692. The summed E-state index contributed by atoms with van der Waals surface area (Å²) >= 11 is 5.86. The number of rotatable bonds is 1. The van der Waals surface area contributed by atoms with Crippen molar-refractivity contribution in [3.8, 4) is 0 Å². The number of hydrogen-bond donors (Lipinski definition) is 0. The maximum atomic E-state index is 5.86. The molecule has 0 heterocycles. The molecule has 0 fully saturated rings. The highest BCUT2D eigenvalue weighted by atomic mass is 35.5. The molecule has 1 nitrogen and oxygen atoms in total. The zero-order valence-electron chi connectivity index (χ0n) is 5.76. The standard InChI is InChI=1S/C8H8ClN/c1-6-4-3-5-7(10-2)8(6)9/h3-5H,2H2,1H3. The Morgan fingerprint density at radius 2 is 2.20 bits per heavy atom. The Morgan fingerprint density at radius 1 is 1.50 bits per heavy atom. The molecule has 2 heteroatoms. The fourth-order valence-corrected chi connectivity index (χ4v) is 0.940. The van der Waals surface area contributed by atoms with Crippen molar-refractivity contribution in [3.05, 3.63) is 28.8 Å². The zero-order valence-corrected chi connectivity index (χ0v) is 6.52. The summed E-state index contributed by atoms with van der Waals surface area (Å²) in [6.45, 7) is 5.34. The molecular weight excluding hydrogens is 146 g/mol. The van der Waals surface area contributed by atoms with Crippen LogP contribution in [-0.2, 0) is 0 Å². The average molecular weight is 154 g/mol. The molecular formula is C8H8ClN. The first-order valence-corrected chi connectivity index (χ1v) is 3.35. The SMILES string of the molecule is C=Nc1cccc(C)c1Cl. The van der Waals surface area contributed by atoms with Crippen LogP contribution in [0.1, 0.15) is 5.56 Å². The first kappa shape index (κ1) is 7.29. The van der Waals surface area contributed by atoms with Crippen LogP contribution in [0.15, 0.2) is 23.2 Å². The van der Waals surface area contributed by atoms with Gasteiger partial charge in [0.15, 0.2) is 0 Å². The van der Waals surface area contributed by atoms with Gasteiger partial charge in [0, 0.05) is 0 Å². The summed E-state index contributed by atoms with van der Waals surface area (Å²) in [5, 5.41) is 0.692. The molecule has 0 bridgehead atoms. The highest BCUT2D eigenvalue weighted by Gasteiger charge is 1.97. The van der Waals surface area contributed by atoms with E-state index in [1.807, 2.05) is 25.1 Å². The Bertz CT molecular complexity index is 255. The Labute approximate surface area is 65.4 Å². The minimum Gasteiger partial charge on any atom is -0.263 e. The van der Waals surface area contributed by atoms with Gasteiger partial charge in [-0.15, -0.1) is 0 Å². The van der Waals surface area contributed by atoms with Gasteiger partial charge in [0.05, 0.1) is 10.7 Å². The number of aryl methyl sites for hydroxylation is 1. The molecule has 0 N–H and O–H groups in total. The number of nitrogens with zero attached hydrogens (tertiary/aromatic N) is 1. The minimum absolute atomic E-state index is 0.692. The summed E-state index contributed by atoms with van der Waals surface area (Å²) in [7, 11) is 0. The van der Waals surface area contributed by atoms with Crippen LogP contribution in [0.5, 0.6) is 0 Å². The van der Waals surface area contributed by atoms with Gasteiger partial charge >= 0.3 is 0 Å². The molecule has 1 rings (SSSR count). The lowest BCUT2D eigenvalue weighted by atomic mass is 10.2. The summed E-state index contributed by atoms with van der Waals surface area (Å²) in [5.74, 6) is 0. The van der Waals surface area contributed by atoms with Crippen molar-refractivity contribution in [2.24, 2.45) is 4.99 Å². The second kappa shape index (κ2) is 2.84. The molecule has 0 unspecified atom stereocenters. The third kappa shape index (κ3) is 1.19. The molecule has 0 saturated heterocycles. The van der Waals surface area contributed by atoms with Crippen LogP contribution in [0.2, 0.25) is 5.02 Å². The molecule has 10 heavy (non-hydrogen) atoms. The molecule has 0 aromatic heterocycles. The molecule has 1 aromatic carbocycles. The summed E-state index contributed by atoms with van der Waals surface area (Å²) in [5.41, 5.74) is 1.79. The van der Waals surface area contributed by atoms with Crippen molar-refractivity contribution in [1.29, 1.82) is 0 Å². The van der Waals surface area contributed by atoms with E-state index in [9.17, 15) is 0 Å². The largest absolute Gasteiger partial charge is 0.263 e. The third-order valence-corrected chi connectivity index (χ3v) is 1.83. The van der Waals surface area contributed by atoms with E-state index in [2.05, 4.69) is 11.7 Å². The topological polar surface area (TPSA) is 12.4 Å². The van der Waals surface area contributed by atoms with Crippen molar-refractivity contribution >= 4 is 24.0 Å². The van der Waals surface area contributed by atoms with Crippen molar-refractivity contribution in [3.63, 3.8) is 0 Å². The third-order valence-electron chi connectivity index (χ3n) is 1.34. The molecule has 0 spiro atoms. The van der Waals surface area contributed by atoms with Crippen LogP contribution in [0.3, 0.4) is 0 Å². The molecule has 52 valence electrons. The zero-order chi connectivity index (χ0) is 7.56. The predicted octanol–water partition coefficient (Wildman–Crippen LogP) is 2.98. The Hall–Kier alpha value is -0.820. The van der Waals surface area contributed by atoms with Crippen LogP contribution in [0.4, 0.5) is 5.69 Å². The lowest BCUT2D eigenvalue weighted by Crippen LogP contribution is -1.73. The molecule has 0 aliphatic rings. The van der Waals surface area contributed by atoms with Crippen LogP contribution in [-0.4, -0.2) is 6.72 Å². The van der Waals surface area contributed by atoms with Gasteiger partial charge in [-0.05, 0) is 25.3 Å². The molecule has 0 aliphatic carbocycles. The first-order chi connectivity index (χ1) is 4.75. The highest BCUT2D eigenvalue weighted by Crippen LogP contribution is 2.26. The van der Waals surface area contributed by atoms with Gasteiger partial charge in [0.1, 0.15) is 0 Å². The number of hydrogen-bond acceptors (Lipinski definition) is 1. The Morgan fingerprint density at radius 3 is 2.70 bits per heavy atom. The number of aliphatic imine (C=N–C) groups is 1. The van der Waals surface area contributed by atoms with Gasteiger partial charge < -0.3 is 0 Å². The summed E-state index contributed by atoms with van der Waals surface area (Å²) < 4.78 is 0. The van der Waals surface area contributed by atoms with Gasteiger partial charge in [-0.1, -0.05) is 23.7 Å². The predicted molar refractivity (Wildman–Crippen MR) is 45.4 cm³/mol. The van der Waals surface area contributed by atoms with E-state index in [1.54, 1.807) is 0 Å². The van der Waals surface area contributed by atoms with Gasteiger partial charge in [-0.25, -0.2) is 0 Å². The maximum Gasteiger partial charge on any atom is 0.0811 e. The van der Waals surface area contributed by atoms with Gasteiger partial charge in [-0.3, -0.25) is 4.99 Å². The van der Waals surface area contributed by atoms with Gasteiger partial charge in [0.25, 0.3) is 0 Å². The van der Waals surface area contributed by atoms with E-state index in [1.165, 1.54) is 0 Å². The highest BCUT2D eigenvalue weighted by molar-refractivity contribution is 6.33. The molecule has 0 radical (unpaired) electrons. The molecule has 0 atom stereocenters. The van der Waals surface area contributed by atoms with E-state index in [0.717, 1.165) is 11.3 Å². The van der Waals surface area contributed by atoms with E-state index in [-0.39, 0.29) is 0 Å². The normalized spacial score (nSPS) is 9.40. The lowest BCUT2D eigenvalue weighted by Gasteiger charge is -1.98. The summed E-state index contributed by atoms with van der Waals surface area (Å²) in [6.07, 6.45) is 0. The van der Waals surface area contributed by atoms with Crippen molar-refractivity contribution in [2.75, 3.05) is 0 Å². The van der Waals surface area contributed by atoms with Crippen molar-refractivity contribution < 1.29 is 0 Å². The second-order valence-corrected chi connectivity index (χ2v) is 2.44. The van der Waals surface area contributed by atoms with E-state index < -0.39 is 0 Å². The van der Waals surface area contributed by atoms with Crippen molar-refractivity contribution in [2.45, 2.75) is 6.92 Å².